The van der Waals surface area contributed by atoms with Gasteiger partial charge in [0.2, 0.25) is 0 Å². The Balaban J connectivity index is 1.66. The first-order valence-electron chi connectivity index (χ1n) is 8.07. The van der Waals surface area contributed by atoms with Gasteiger partial charge in [-0.05, 0) is 42.5 Å². The van der Waals surface area contributed by atoms with Crippen LogP contribution in [0.1, 0.15) is 0 Å². The van der Waals surface area contributed by atoms with Crippen molar-refractivity contribution >= 4 is 73.8 Å². The molecule has 0 amide bonds. The van der Waals surface area contributed by atoms with Crippen molar-refractivity contribution < 1.29 is 9.15 Å². The van der Waals surface area contributed by atoms with Gasteiger partial charge in [-0.1, -0.05) is 41.4 Å². The SMILES string of the molecule is COc1cc2c(cc1NC(=S)Nc1ccc(Cl)cc1Cl)oc1ccccc12. The van der Waals surface area contributed by atoms with Gasteiger partial charge in [-0.15, -0.1) is 0 Å². The third-order valence-corrected chi connectivity index (χ3v) is 4.88. The van der Waals surface area contributed by atoms with Gasteiger partial charge >= 0.3 is 0 Å². The van der Waals surface area contributed by atoms with Crippen LogP contribution >= 0.6 is 35.4 Å². The summed E-state index contributed by atoms with van der Waals surface area (Å²) in [5.41, 5.74) is 2.90. The van der Waals surface area contributed by atoms with Crippen molar-refractivity contribution in [3.05, 3.63) is 64.6 Å². The molecule has 136 valence electrons. The molecule has 0 atom stereocenters. The lowest BCUT2D eigenvalue weighted by atomic mass is 10.1. The number of methoxy groups -OCH3 is 1. The molecule has 0 radical (unpaired) electrons. The molecular weight excluding hydrogens is 403 g/mol. The molecule has 0 saturated heterocycles. The smallest absolute Gasteiger partial charge is 0.175 e. The zero-order valence-corrected chi connectivity index (χ0v) is 16.5. The Labute approximate surface area is 171 Å². The molecule has 27 heavy (non-hydrogen) atoms. The minimum atomic E-state index is 0.369. The number of anilines is 2. The van der Waals surface area contributed by atoms with Crippen LogP contribution in [0.3, 0.4) is 0 Å². The molecule has 0 aliphatic carbocycles. The van der Waals surface area contributed by atoms with Crippen molar-refractivity contribution in [3.8, 4) is 5.75 Å². The summed E-state index contributed by atoms with van der Waals surface area (Å²) < 4.78 is 11.5. The zero-order valence-electron chi connectivity index (χ0n) is 14.2. The number of nitrogens with one attached hydrogen (secondary N) is 2. The highest BCUT2D eigenvalue weighted by Crippen LogP contribution is 2.36. The van der Waals surface area contributed by atoms with Gasteiger partial charge in [0, 0.05) is 21.9 Å². The maximum atomic E-state index is 6.18. The van der Waals surface area contributed by atoms with Gasteiger partial charge in [-0.25, -0.2) is 0 Å². The molecule has 3 aromatic carbocycles. The van der Waals surface area contributed by atoms with Gasteiger partial charge in [0.1, 0.15) is 16.9 Å². The Morgan fingerprint density at radius 3 is 2.48 bits per heavy atom. The lowest BCUT2D eigenvalue weighted by Gasteiger charge is -2.14. The Kier molecular flexibility index (Phi) is 4.83. The predicted molar refractivity (Wildman–Crippen MR) is 117 cm³/mol. The maximum Gasteiger partial charge on any atom is 0.175 e. The van der Waals surface area contributed by atoms with Crippen molar-refractivity contribution in [1.29, 1.82) is 0 Å². The first-order chi connectivity index (χ1) is 13.0. The average Bonchev–Trinajstić information content (AvgIpc) is 3.00. The van der Waals surface area contributed by atoms with E-state index in [-0.39, 0.29) is 0 Å². The van der Waals surface area contributed by atoms with Crippen LogP contribution in [0, 0.1) is 0 Å². The third kappa shape index (κ3) is 3.54. The highest BCUT2D eigenvalue weighted by atomic mass is 35.5. The van der Waals surface area contributed by atoms with Crippen molar-refractivity contribution in [1.82, 2.24) is 0 Å². The minimum absolute atomic E-state index is 0.369. The van der Waals surface area contributed by atoms with Gasteiger partial charge < -0.3 is 19.8 Å². The highest BCUT2D eigenvalue weighted by Gasteiger charge is 2.13. The third-order valence-electron chi connectivity index (χ3n) is 4.13. The maximum absolute atomic E-state index is 6.18. The normalized spacial score (nSPS) is 10.9. The standard InChI is InChI=1S/C20H14Cl2N2O2S/c1-25-19-9-13-12-4-2-3-5-17(12)26-18(13)10-16(19)24-20(27)23-15-7-6-11(21)8-14(15)22/h2-10H,1H3,(H2,23,24,27). The molecule has 4 rings (SSSR count). The van der Waals surface area contributed by atoms with E-state index in [4.69, 9.17) is 44.6 Å². The van der Waals surface area contributed by atoms with E-state index in [1.54, 1.807) is 25.3 Å². The largest absolute Gasteiger partial charge is 0.495 e. The van der Waals surface area contributed by atoms with E-state index in [2.05, 4.69) is 10.6 Å². The minimum Gasteiger partial charge on any atom is -0.495 e. The van der Waals surface area contributed by atoms with Crippen LogP contribution in [0.15, 0.2) is 59.0 Å². The molecule has 1 aromatic heterocycles. The number of thiocarbonyl (C=S) groups is 1. The molecule has 0 bridgehead atoms. The summed E-state index contributed by atoms with van der Waals surface area (Å²) in [5.74, 6) is 0.653. The predicted octanol–water partition coefficient (Wildman–Crippen LogP) is 6.71. The highest BCUT2D eigenvalue weighted by molar-refractivity contribution is 7.80. The molecule has 7 heteroatoms. The Bertz CT molecular complexity index is 1170. The Hall–Kier alpha value is -2.47. The summed E-state index contributed by atoms with van der Waals surface area (Å²) in [5, 5.41) is 9.60. The van der Waals surface area contributed by atoms with Crippen LogP contribution in [-0.2, 0) is 0 Å². The molecule has 2 N–H and O–H groups in total. The van der Waals surface area contributed by atoms with E-state index in [0.29, 0.717) is 32.3 Å². The van der Waals surface area contributed by atoms with E-state index in [9.17, 15) is 0 Å². The van der Waals surface area contributed by atoms with E-state index in [0.717, 1.165) is 21.9 Å². The number of hydrogen-bond acceptors (Lipinski definition) is 3. The number of para-hydroxylation sites is 1. The number of halogens is 2. The average molecular weight is 417 g/mol. The summed E-state index contributed by atoms with van der Waals surface area (Å²) >= 11 is 17.5. The topological polar surface area (TPSA) is 46.4 Å². The number of rotatable bonds is 3. The number of ether oxygens (including phenoxy) is 1. The van der Waals surface area contributed by atoms with Crippen molar-refractivity contribution in [2.45, 2.75) is 0 Å². The van der Waals surface area contributed by atoms with E-state index in [1.807, 2.05) is 36.4 Å². The van der Waals surface area contributed by atoms with Crippen LogP contribution in [-0.4, -0.2) is 12.2 Å². The fourth-order valence-electron chi connectivity index (χ4n) is 2.88. The lowest BCUT2D eigenvalue weighted by Crippen LogP contribution is -2.19. The van der Waals surface area contributed by atoms with Crippen LogP contribution in [0.5, 0.6) is 5.75 Å². The fourth-order valence-corrected chi connectivity index (χ4v) is 3.56. The first-order valence-corrected chi connectivity index (χ1v) is 9.24. The van der Waals surface area contributed by atoms with Crippen LogP contribution < -0.4 is 15.4 Å². The van der Waals surface area contributed by atoms with Crippen molar-refractivity contribution in [2.75, 3.05) is 17.7 Å². The van der Waals surface area contributed by atoms with Gasteiger partial charge in [0.15, 0.2) is 5.11 Å². The van der Waals surface area contributed by atoms with E-state index < -0.39 is 0 Å². The van der Waals surface area contributed by atoms with Crippen molar-refractivity contribution in [3.63, 3.8) is 0 Å². The molecule has 0 saturated carbocycles. The van der Waals surface area contributed by atoms with Crippen LogP contribution in [0.4, 0.5) is 11.4 Å². The number of fused-ring (bicyclic) bond motifs is 3. The van der Waals surface area contributed by atoms with Gasteiger partial charge in [-0.3, -0.25) is 0 Å². The van der Waals surface area contributed by atoms with Crippen LogP contribution in [0.2, 0.25) is 10.0 Å². The molecule has 1 heterocycles. The molecule has 4 nitrogen and oxygen atoms in total. The number of benzene rings is 3. The molecule has 0 fully saturated rings. The zero-order chi connectivity index (χ0) is 19.0. The monoisotopic (exact) mass is 416 g/mol. The quantitative estimate of drug-likeness (QED) is 0.363. The van der Waals surface area contributed by atoms with Gasteiger partial charge in [-0.2, -0.15) is 0 Å². The molecule has 0 unspecified atom stereocenters. The van der Waals surface area contributed by atoms with Gasteiger partial charge in [0.05, 0.1) is 23.5 Å². The summed E-state index contributed by atoms with van der Waals surface area (Å²) in [6.45, 7) is 0. The molecule has 0 aliphatic heterocycles. The fraction of sp³-hybridized carbons (Fsp3) is 0.0500. The first kappa shape index (κ1) is 17.9. The lowest BCUT2D eigenvalue weighted by molar-refractivity contribution is 0.417. The second kappa shape index (κ2) is 7.27. The number of hydrogen-bond donors (Lipinski definition) is 2. The molecular formula is C20H14Cl2N2O2S. The Morgan fingerprint density at radius 2 is 1.70 bits per heavy atom. The van der Waals surface area contributed by atoms with Crippen LogP contribution in [0.25, 0.3) is 21.9 Å². The molecule has 4 aromatic rings. The second-order valence-corrected chi connectivity index (χ2v) is 7.10. The molecule has 0 aliphatic rings. The summed E-state index contributed by atoms with van der Waals surface area (Å²) in [7, 11) is 1.61. The Morgan fingerprint density at radius 1 is 0.926 bits per heavy atom. The van der Waals surface area contributed by atoms with Gasteiger partial charge in [0.25, 0.3) is 0 Å². The second-order valence-electron chi connectivity index (χ2n) is 5.85. The molecule has 0 spiro atoms. The summed E-state index contributed by atoms with van der Waals surface area (Å²) in [6.07, 6.45) is 0. The number of furan rings is 1. The van der Waals surface area contributed by atoms with Crippen molar-refractivity contribution in [2.24, 2.45) is 0 Å². The van der Waals surface area contributed by atoms with E-state index >= 15 is 0 Å². The summed E-state index contributed by atoms with van der Waals surface area (Å²) in [4.78, 5) is 0. The van der Waals surface area contributed by atoms with E-state index in [1.165, 1.54) is 0 Å². The summed E-state index contributed by atoms with van der Waals surface area (Å²) in [6, 6.07) is 16.8.